The highest BCUT2D eigenvalue weighted by atomic mass is 127. The zero-order valence-electron chi connectivity index (χ0n) is 17.0. The third kappa shape index (κ3) is 6.34. The number of likely N-dealkylation sites (N-methyl/N-ethyl adjacent to an activating group) is 1. The minimum Gasteiger partial charge on any atom is -0.354 e. The van der Waals surface area contributed by atoms with E-state index in [4.69, 9.17) is 0 Å². The second kappa shape index (κ2) is 11.2. The zero-order chi connectivity index (χ0) is 19.1. The summed E-state index contributed by atoms with van der Waals surface area (Å²) < 4.78 is 0. The second-order valence-corrected chi connectivity index (χ2v) is 7.04. The highest BCUT2D eigenvalue weighted by molar-refractivity contribution is 14.0. The van der Waals surface area contributed by atoms with Gasteiger partial charge in [-0.25, -0.2) is 4.98 Å². The molecule has 1 fully saturated rings. The minimum absolute atomic E-state index is 0. The quantitative estimate of drug-likeness (QED) is 0.381. The molecule has 2 aromatic rings. The third-order valence-corrected chi connectivity index (χ3v) is 4.88. The number of nitrogens with zero attached hydrogens (tertiary/aromatic N) is 4. The zero-order valence-corrected chi connectivity index (χ0v) is 19.3. The van der Waals surface area contributed by atoms with Crippen molar-refractivity contribution >= 4 is 35.8 Å². The van der Waals surface area contributed by atoms with Crippen molar-refractivity contribution in [1.82, 2.24) is 20.5 Å². The molecule has 1 saturated heterocycles. The molecule has 0 saturated carbocycles. The number of halogens is 1. The fraction of sp³-hybridized carbons (Fsp3) is 0.429. The number of benzene rings is 1. The summed E-state index contributed by atoms with van der Waals surface area (Å²) in [6, 6.07) is 12.6. The van der Waals surface area contributed by atoms with E-state index >= 15 is 0 Å². The van der Waals surface area contributed by atoms with Gasteiger partial charge < -0.3 is 20.4 Å². The van der Waals surface area contributed by atoms with E-state index in [2.05, 4.69) is 74.7 Å². The Bertz CT molecular complexity index is 771. The second-order valence-electron chi connectivity index (χ2n) is 7.04. The Morgan fingerprint density at radius 1 is 1.07 bits per heavy atom. The molecule has 1 aromatic heterocycles. The van der Waals surface area contributed by atoms with Crippen LogP contribution >= 0.6 is 24.0 Å². The molecule has 6 nitrogen and oxygen atoms in total. The molecular weight excluding hydrogens is 463 g/mol. The maximum atomic E-state index is 4.64. The van der Waals surface area contributed by atoms with Crippen LogP contribution in [0.5, 0.6) is 0 Å². The predicted octanol–water partition coefficient (Wildman–Crippen LogP) is 2.63. The number of aryl methyl sites for hydroxylation is 1. The van der Waals surface area contributed by atoms with E-state index in [9.17, 15) is 0 Å². The molecule has 152 valence electrons. The van der Waals surface area contributed by atoms with E-state index in [1.54, 1.807) is 7.05 Å². The van der Waals surface area contributed by atoms with Crippen LogP contribution in [-0.2, 0) is 13.1 Å². The van der Waals surface area contributed by atoms with Gasteiger partial charge in [0.2, 0.25) is 0 Å². The Kier molecular flexibility index (Phi) is 8.98. The molecule has 1 aliphatic heterocycles. The topological polar surface area (TPSA) is 55.8 Å². The van der Waals surface area contributed by atoms with Gasteiger partial charge in [-0.1, -0.05) is 35.9 Å². The van der Waals surface area contributed by atoms with Gasteiger partial charge in [0.1, 0.15) is 5.82 Å². The Labute approximate surface area is 185 Å². The number of pyridine rings is 1. The van der Waals surface area contributed by atoms with Gasteiger partial charge in [0.05, 0.1) is 0 Å². The number of nitrogens with one attached hydrogen (secondary N) is 2. The summed E-state index contributed by atoms with van der Waals surface area (Å²) in [7, 11) is 3.97. The maximum Gasteiger partial charge on any atom is 0.191 e. The predicted molar refractivity (Wildman–Crippen MR) is 128 cm³/mol. The van der Waals surface area contributed by atoms with E-state index in [-0.39, 0.29) is 24.0 Å². The van der Waals surface area contributed by atoms with Crippen molar-refractivity contribution in [3.8, 4) is 0 Å². The van der Waals surface area contributed by atoms with Gasteiger partial charge in [0.15, 0.2) is 5.96 Å². The standard InChI is InChI=1S/C21H30N6.HI/c1-17-6-4-7-18(14-17)15-24-21(22-2)25-16-19-8-5-9-23-20(19)27-12-10-26(3)11-13-27;/h4-9,14H,10-13,15-16H2,1-3H3,(H2,22,24,25);1H. The summed E-state index contributed by atoms with van der Waals surface area (Å²) in [6.45, 7) is 7.73. The Balaban J connectivity index is 0.00000280. The Hall–Kier alpha value is -1.87. The lowest BCUT2D eigenvalue weighted by molar-refractivity contribution is 0.312. The van der Waals surface area contributed by atoms with Crippen LogP contribution in [0, 0.1) is 6.92 Å². The molecule has 0 radical (unpaired) electrons. The first-order valence-corrected chi connectivity index (χ1v) is 9.53. The van der Waals surface area contributed by atoms with E-state index < -0.39 is 0 Å². The van der Waals surface area contributed by atoms with Crippen molar-refractivity contribution in [3.63, 3.8) is 0 Å². The van der Waals surface area contributed by atoms with Crippen molar-refractivity contribution < 1.29 is 0 Å². The number of aliphatic imine (C=N–C) groups is 1. The van der Waals surface area contributed by atoms with Crippen LogP contribution < -0.4 is 15.5 Å². The van der Waals surface area contributed by atoms with E-state index in [1.165, 1.54) is 16.7 Å². The lowest BCUT2D eigenvalue weighted by Crippen LogP contribution is -2.45. The number of guanidine groups is 1. The van der Waals surface area contributed by atoms with Crippen LogP contribution in [0.4, 0.5) is 5.82 Å². The molecule has 1 aliphatic rings. The number of aromatic nitrogens is 1. The molecule has 28 heavy (non-hydrogen) atoms. The van der Waals surface area contributed by atoms with E-state index in [0.717, 1.165) is 44.5 Å². The number of anilines is 1. The lowest BCUT2D eigenvalue weighted by atomic mass is 10.1. The monoisotopic (exact) mass is 494 g/mol. The van der Waals surface area contributed by atoms with Gasteiger partial charge in [-0.2, -0.15) is 0 Å². The van der Waals surface area contributed by atoms with Gasteiger partial charge in [-0.05, 0) is 25.6 Å². The summed E-state index contributed by atoms with van der Waals surface area (Å²) in [5.41, 5.74) is 3.71. The fourth-order valence-electron chi connectivity index (χ4n) is 3.28. The highest BCUT2D eigenvalue weighted by Gasteiger charge is 2.17. The van der Waals surface area contributed by atoms with Crippen molar-refractivity contribution in [2.75, 3.05) is 45.2 Å². The average Bonchev–Trinajstić information content (AvgIpc) is 2.69. The Morgan fingerprint density at radius 2 is 1.82 bits per heavy atom. The van der Waals surface area contributed by atoms with Crippen molar-refractivity contribution in [1.29, 1.82) is 0 Å². The van der Waals surface area contributed by atoms with Crippen LogP contribution in [0.1, 0.15) is 16.7 Å². The number of hydrogen-bond acceptors (Lipinski definition) is 4. The molecule has 2 heterocycles. The van der Waals surface area contributed by atoms with Gasteiger partial charge in [-0.3, -0.25) is 4.99 Å². The van der Waals surface area contributed by atoms with Crippen LogP contribution in [0.25, 0.3) is 0 Å². The first kappa shape index (κ1) is 22.4. The molecule has 0 aliphatic carbocycles. The fourth-order valence-corrected chi connectivity index (χ4v) is 3.28. The summed E-state index contributed by atoms with van der Waals surface area (Å²) in [5.74, 6) is 1.87. The smallest absolute Gasteiger partial charge is 0.191 e. The molecule has 7 heteroatoms. The molecule has 0 atom stereocenters. The first-order valence-electron chi connectivity index (χ1n) is 9.53. The third-order valence-electron chi connectivity index (χ3n) is 4.88. The normalized spacial score (nSPS) is 15.1. The highest BCUT2D eigenvalue weighted by Crippen LogP contribution is 2.18. The summed E-state index contributed by atoms with van der Waals surface area (Å²) in [6.07, 6.45) is 1.88. The van der Waals surface area contributed by atoms with E-state index in [0.29, 0.717) is 6.54 Å². The van der Waals surface area contributed by atoms with Crippen molar-refractivity contribution in [2.45, 2.75) is 20.0 Å². The van der Waals surface area contributed by atoms with Crippen molar-refractivity contribution in [2.24, 2.45) is 4.99 Å². The molecule has 0 bridgehead atoms. The van der Waals surface area contributed by atoms with Crippen LogP contribution in [0.2, 0.25) is 0 Å². The summed E-state index contributed by atoms with van der Waals surface area (Å²) in [4.78, 5) is 13.7. The molecule has 0 unspecified atom stereocenters. The number of hydrogen-bond donors (Lipinski definition) is 2. The Morgan fingerprint density at radius 3 is 2.54 bits per heavy atom. The first-order chi connectivity index (χ1) is 13.2. The summed E-state index contributed by atoms with van der Waals surface area (Å²) >= 11 is 0. The molecule has 2 N–H and O–H groups in total. The van der Waals surface area contributed by atoms with E-state index in [1.807, 2.05) is 12.3 Å². The number of piperazine rings is 1. The molecule has 1 aromatic carbocycles. The molecule has 3 rings (SSSR count). The SMILES string of the molecule is CN=C(NCc1cccc(C)c1)NCc1cccnc1N1CCN(C)CC1.I. The van der Waals surface area contributed by atoms with Gasteiger partial charge in [0.25, 0.3) is 0 Å². The van der Waals surface area contributed by atoms with Crippen LogP contribution in [0.15, 0.2) is 47.6 Å². The minimum atomic E-state index is 0. The molecule has 0 amide bonds. The van der Waals surface area contributed by atoms with Gasteiger partial charge in [-0.15, -0.1) is 24.0 Å². The molecular formula is C21H31IN6. The molecule has 0 spiro atoms. The van der Waals surface area contributed by atoms with Crippen LogP contribution in [0.3, 0.4) is 0 Å². The average molecular weight is 494 g/mol. The van der Waals surface area contributed by atoms with Gasteiger partial charge in [0, 0.05) is 58.1 Å². The maximum absolute atomic E-state index is 4.64. The van der Waals surface area contributed by atoms with Crippen molar-refractivity contribution in [3.05, 3.63) is 59.3 Å². The lowest BCUT2D eigenvalue weighted by Gasteiger charge is -2.34. The largest absolute Gasteiger partial charge is 0.354 e. The summed E-state index contributed by atoms with van der Waals surface area (Å²) in [5, 5.41) is 6.81. The number of rotatable bonds is 5. The van der Waals surface area contributed by atoms with Crippen LogP contribution in [-0.4, -0.2) is 56.1 Å². The van der Waals surface area contributed by atoms with Gasteiger partial charge >= 0.3 is 0 Å².